The fourth-order valence-corrected chi connectivity index (χ4v) is 3.61. The SMILES string of the molecule is CCOC[C@H](N)CNc1nnc(C(N)=O)c(Nc2cccc3c2ccn3C2CCC2)n1. The number of carbonyl (C=O) groups excluding carboxylic acids is 1. The van der Waals surface area contributed by atoms with Crippen molar-refractivity contribution in [3.63, 3.8) is 0 Å². The van der Waals surface area contributed by atoms with Crippen molar-refractivity contribution in [2.45, 2.75) is 38.3 Å². The Balaban J connectivity index is 1.58. The van der Waals surface area contributed by atoms with Crippen LogP contribution in [0.25, 0.3) is 10.9 Å². The summed E-state index contributed by atoms with van der Waals surface area (Å²) in [6.45, 7) is 3.33. The second-order valence-electron chi connectivity index (χ2n) is 7.67. The van der Waals surface area contributed by atoms with Crippen molar-refractivity contribution in [3.8, 4) is 0 Å². The Morgan fingerprint density at radius 1 is 1.32 bits per heavy atom. The molecular weight excluding hydrogens is 396 g/mol. The number of rotatable bonds is 10. The maximum atomic E-state index is 11.9. The van der Waals surface area contributed by atoms with Crippen molar-refractivity contribution in [3.05, 3.63) is 36.2 Å². The van der Waals surface area contributed by atoms with E-state index in [-0.39, 0.29) is 23.5 Å². The molecule has 1 saturated carbocycles. The Morgan fingerprint density at radius 3 is 2.87 bits per heavy atom. The molecule has 10 heteroatoms. The first-order valence-electron chi connectivity index (χ1n) is 10.5. The molecule has 0 saturated heterocycles. The van der Waals surface area contributed by atoms with Crippen LogP contribution in [0.1, 0.15) is 42.7 Å². The summed E-state index contributed by atoms with van der Waals surface area (Å²) in [6, 6.07) is 8.40. The number of benzene rings is 1. The molecule has 2 aromatic heterocycles. The predicted octanol–water partition coefficient (Wildman–Crippen LogP) is 2.17. The predicted molar refractivity (Wildman–Crippen MR) is 119 cm³/mol. The van der Waals surface area contributed by atoms with E-state index >= 15 is 0 Å². The Hall–Kier alpha value is -3.24. The number of hydrogen-bond donors (Lipinski definition) is 4. The zero-order valence-electron chi connectivity index (χ0n) is 17.5. The summed E-state index contributed by atoms with van der Waals surface area (Å²) >= 11 is 0. The number of ether oxygens (including phenoxy) is 1. The molecule has 1 amide bonds. The van der Waals surface area contributed by atoms with Crippen molar-refractivity contribution in [2.24, 2.45) is 11.5 Å². The van der Waals surface area contributed by atoms with Gasteiger partial charge in [-0.2, -0.15) is 4.98 Å². The number of nitrogens with two attached hydrogens (primary N) is 2. The Kier molecular flexibility index (Phi) is 6.28. The molecule has 6 N–H and O–H groups in total. The molecule has 4 rings (SSSR count). The van der Waals surface area contributed by atoms with Crippen LogP contribution < -0.4 is 22.1 Å². The number of amides is 1. The molecule has 1 aliphatic rings. The standard InChI is InChI=1S/C21H28N8O2/c1-2-31-12-13(22)11-24-21-26-20(18(19(23)30)27-28-21)25-16-7-4-8-17-15(16)9-10-29(17)14-5-3-6-14/h4,7-10,13-14H,2-3,5-6,11-12,22H2,1H3,(H2,23,30)(H2,24,25,26,28)/t13-/m1/s1. The third-order valence-electron chi connectivity index (χ3n) is 5.46. The molecule has 1 aliphatic carbocycles. The topological polar surface area (TPSA) is 146 Å². The molecule has 1 aromatic carbocycles. The van der Waals surface area contributed by atoms with Gasteiger partial charge in [0.1, 0.15) is 0 Å². The first-order valence-corrected chi connectivity index (χ1v) is 10.5. The fourth-order valence-electron chi connectivity index (χ4n) is 3.61. The molecule has 2 heterocycles. The van der Waals surface area contributed by atoms with Gasteiger partial charge in [-0.1, -0.05) is 6.07 Å². The smallest absolute Gasteiger partial charge is 0.273 e. The van der Waals surface area contributed by atoms with Crippen LogP contribution >= 0.6 is 0 Å². The van der Waals surface area contributed by atoms with Crippen LogP contribution in [0.4, 0.5) is 17.5 Å². The first kappa shape index (κ1) is 21.0. The van der Waals surface area contributed by atoms with Crippen LogP contribution in [0.5, 0.6) is 0 Å². The highest BCUT2D eigenvalue weighted by Gasteiger charge is 2.21. The van der Waals surface area contributed by atoms with Crippen molar-refractivity contribution < 1.29 is 9.53 Å². The molecule has 0 radical (unpaired) electrons. The molecular formula is C21H28N8O2. The normalized spacial score (nSPS) is 14.9. The molecule has 0 spiro atoms. The van der Waals surface area contributed by atoms with Crippen molar-refractivity contribution in [1.82, 2.24) is 19.7 Å². The lowest BCUT2D eigenvalue weighted by atomic mass is 9.93. The Morgan fingerprint density at radius 2 is 2.16 bits per heavy atom. The average Bonchev–Trinajstić information content (AvgIpc) is 3.14. The number of fused-ring (bicyclic) bond motifs is 1. The van der Waals surface area contributed by atoms with Crippen LogP contribution in [0, 0.1) is 0 Å². The second-order valence-corrected chi connectivity index (χ2v) is 7.67. The summed E-state index contributed by atoms with van der Waals surface area (Å²) in [7, 11) is 0. The highest BCUT2D eigenvalue weighted by Crippen LogP contribution is 2.36. The lowest BCUT2D eigenvalue weighted by Crippen LogP contribution is -2.34. The average molecular weight is 425 g/mol. The molecule has 0 unspecified atom stereocenters. The Bertz CT molecular complexity index is 1060. The van der Waals surface area contributed by atoms with Crippen LogP contribution in [0.15, 0.2) is 30.5 Å². The third kappa shape index (κ3) is 4.59. The molecule has 164 valence electrons. The summed E-state index contributed by atoms with van der Waals surface area (Å²) in [5, 5.41) is 15.2. The minimum absolute atomic E-state index is 0.0282. The number of primary amides is 1. The largest absolute Gasteiger partial charge is 0.380 e. The van der Waals surface area contributed by atoms with E-state index in [9.17, 15) is 4.79 Å². The van der Waals surface area contributed by atoms with Crippen LogP contribution in [0.2, 0.25) is 0 Å². The molecule has 0 aliphatic heterocycles. The number of nitrogens with one attached hydrogen (secondary N) is 2. The van der Waals surface area contributed by atoms with Crippen molar-refractivity contribution in [1.29, 1.82) is 0 Å². The third-order valence-corrected chi connectivity index (χ3v) is 5.46. The van der Waals surface area contributed by atoms with Crippen LogP contribution in [0.3, 0.4) is 0 Å². The van der Waals surface area contributed by atoms with Crippen molar-refractivity contribution in [2.75, 3.05) is 30.4 Å². The summed E-state index contributed by atoms with van der Waals surface area (Å²) in [6.07, 6.45) is 5.77. The molecule has 1 fully saturated rings. The summed E-state index contributed by atoms with van der Waals surface area (Å²) in [4.78, 5) is 16.3. The zero-order valence-corrected chi connectivity index (χ0v) is 17.5. The second kappa shape index (κ2) is 9.27. The van der Waals surface area contributed by atoms with Gasteiger partial charge in [-0.25, -0.2) is 0 Å². The highest BCUT2D eigenvalue weighted by atomic mass is 16.5. The van der Waals surface area contributed by atoms with Gasteiger partial charge in [-0.05, 0) is 44.4 Å². The zero-order chi connectivity index (χ0) is 21.8. The number of nitrogens with zero attached hydrogens (tertiary/aromatic N) is 4. The van der Waals surface area contributed by atoms with Gasteiger partial charge in [0.15, 0.2) is 11.5 Å². The number of hydrogen-bond acceptors (Lipinski definition) is 8. The maximum Gasteiger partial charge on any atom is 0.273 e. The van der Waals surface area contributed by atoms with E-state index in [2.05, 4.69) is 48.7 Å². The van der Waals surface area contributed by atoms with E-state index in [1.54, 1.807) is 0 Å². The number of anilines is 3. The first-order chi connectivity index (χ1) is 15.1. The van der Waals surface area contributed by atoms with Gasteiger partial charge >= 0.3 is 0 Å². The lowest BCUT2D eigenvalue weighted by molar-refractivity contribution is 0.0995. The Labute approximate surface area is 180 Å². The highest BCUT2D eigenvalue weighted by molar-refractivity contribution is 5.99. The fraction of sp³-hybridized carbons (Fsp3) is 0.429. The van der Waals surface area contributed by atoms with E-state index in [1.807, 2.05) is 19.1 Å². The molecule has 31 heavy (non-hydrogen) atoms. The van der Waals surface area contributed by atoms with Crippen LogP contribution in [-0.4, -0.2) is 51.5 Å². The van der Waals surface area contributed by atoms with E-state index in [4.69, 9.17) is 16.2 Å². The van der Waals surface area contributed by atoms with E-state index in [0.717, 1.165) is 16.6 Å². The summed E-state index contributed by atoms with van der Waals surface area (Å²) in [5.41, 5.74) is 13.4. The van der Waals surface area contributed by atoms with Crippen molar-refractivity contribution >= 4 is 34.3 Å². The van der Waals surface area contributed by atoms with Gasteiger partial charge in [-0.3, -0.25) is 4.79 Å². The van der Waals surface area contributed by atoms with Crippen LogP contribution in [-0.2, 0) is 4.74 Å². The van der Waals surface area contributed by atoms with E-state index in [0.29, 0.717) is 25.8 Å². The summed E-state index contributed by atoms with van der Waals surface area (Å²) < 4.78 is 7.62. The monoisotopic (exact) mass is 424 g/mol. The van der Waals surface area contributed by atoms with Gasteiger partial charge in [0.2, 0.25) is 5.95 Å². The number of aromatic nitrogens is 4. The minimum Gasteiger partial charge on any atom is -0.380 e. The molecule has 0 bridgehead atoms. The van der Waals surface area contributed by atoms with Gasteiger partial charge < -0.3 is 31.4 Å². The summed E-state index contributed by atoms with van der Waals surface area (Å²) in [5.74, 6) is -0.216. The van der Waals surface area contributed by atoms with Gasteiger partial charge in [0, 0.05) is 42.5 Å². The molecule has 10 nitrogen and oxygen atoms in total. The molecule has 3 aromatic rings. The van der Waals surface area contributed by atoms with E-state index in [1.165, 1.54) is 19.3 Å². The van der Waals surface area contributed by atoms with Gasteiger partial charge in [-0.15, -0.1) is 10.2 Å². The quantitative estimate of drug-likeness (QED) is 0.387. The van der Waals surface area contributed by atoms with Gasteiger partial charge in [0.05, 0.1) is 12.1 Å². The maximum absolute atomic E-state index is 11.9. The number of carbonyl (C=O) groups is 1. The minimum atomic E-state index is -0.707. The molecule has 1 atom stereocenters. The lowest BCUT2D eigenvalue weighted by Gasteiger charge is -2.28. The van der Waals surface area contributed by atoms with Gasteiger partial charge in [0.25, 0.3) is 5.91 Å². The van der Waals surface area contributed by atoms with E-state index < -0.39 is 5.91 Å².